The highest BCUT2D eigenvalue weighted by molar-refractivity contribution is 7.91. The molecule has 2 aromatic carbocycles. The summed E-state index contributed by atoms with van der Waals surface area (Å²) in [5.74, 6) is -0.0835. The zero-order valence-corrected chi connectivity index (χ0v) is 16.2. The first-order chi connectivity index (χ1) is 12.8. The largest absolute Gasteiger partial charge is 0.436 e. The standard InChI is InChI=1S/C18H17ClN2O5S/c1-3-27(23,24)12-5-7-16-15(9-12)21-18(26-16)13-8-11(4-6-14(13)19)20-17(22)10-25-2/h4-9H,3,10H2,1-2H3,(H,20,22). The fourth-order valence-corrected chi connectivity index (χ4v) is 3.58. The van der Waals surface area contributed by atoms with Gasteiger partial charge in [-0.2, -0.15) is 0 Å². The molecule has 0 spiro atoms. The molecule has 0 unspecified atom stereocenters. The molecule has 0 aliphatic heterocycles. The molecule has 1 N–H and O–H groups in total. The topological polar surface area (TPSA) is 98.5 Å². The highest BCUT2D eigenvalue weighted by Gasteiger charge is 2.17. The molecule has 1 amide bonds. The smallest absolute Gasteiger partial charge is 0.250 e. The number of benzene rings is 2. The van der Waals surface area contributed by atoms with Crippen molar-refractivity contribution in [1.29, 1.82) is 0 Å². The van der Waals surface area contributed by atoms with E-state index >= 15 is 0 Å². The molecule has 0 saturated heterocycles. The van der Waals surface area contributed by atoms with Crippen molar-refractivity contribution in [3.63, 3.8) is 0 Å². The van der Waals surface area contributed by atoms with Crippen molar-refractivity contribution < 1.29 is 22.4 Å². The van der Waals surface area contributed by atoms with Crippen LogP contribution in [0.4, 0.5) is 5.69 Å². The SMILES string of the molecule is CCS(=O)(=O)c1ccc2oc(-c3cc(NC(=O)COC)ccc3Cl)nc2c1. The maximum atomic E-state index is 12.0. The van der Waals surface area contributed by atoms with Crippen LogP contribution in [-0.2, 0) is 19.4 Å². The molecule has 0 fully saturated rings. The van der Waals surface area contributed by atoms with E-state index in [0.29, 0.717) is 27.4 Å². The van der Waals surface area contributed by atoms with Crippen LogP contribution in [0.3, 0.4) is 0 Å². The van der Waals surface area contributed by atoms with Gasteiger partial charge in [-0.05, 0) is 36.4 Å². The second-order valence-electron chi connectivity index (χ2n) is 5.73. The molecule has 0 bridgehead atoms. The van der Waals surface area contributed by atoms with E-state index in [1.54, 1.807) is 31.2 Å². The van der Waals surface area contributed by atoms with Crippen LogP contribution in [0, 0.1) is 0 Å². The third-order valence-corrected chi connectivity index (χ3v) is 5.92. The molecule has 0 saturated carbocycles. The van der Waals surface area contributed by atoms with Crippen LogP contribution in [0.5, 0.6) is 0 Å². The minimum absolute atomic E-state index is 0.00173. The first-order valence-electron chi connectivity index (χ1n) is 8.06. The van der Waals surface area contributed by atoms with E-state index in [9.17, 15) is 13.2 Å². The maximum absolute atomic E-state index is 12.0. The van der Waals surface area contributed by atoms with Crippen molar-refractivity contribution in [2.24, 2.45) is 0 Å². The van der Waals surface area contributed by atoms with Crippen LogP contribution in [0.1, 0.15) is 6.92 Å². The Bertz CT molecular complexity index is 1110. The summed E-state index contributed by atoms with van der Waals surface area (Å²) in [5.41, 5.74) is 1.82. The van der Waals surface area contributed by atoms with Crippen LogP contribution in [0.15, 0.2) is 45.7 Å². The third-order valence-electron chi connectivity index (χ3n) is 3.85. The zero-order chi connectivity index (χ0) is 19.6. The van der Waals surface area contributed by atoms with Gasteiger partial charge in [0.05, 0.1) is 21.2 Å². The number of ether oxygens (including phenoxy) is 1. The fourth-order valence-electron chi connectivity index (χ4n) is 2.48. The molecule has 0 aliphatic carbocycles. The Hall–Kier alpha value is -2.42. The van der Waals surface area contributed by atoms with Crippen LogP contribution in [0.2, 0.25) is 5.02 Å². The van der Waals surface area contributed by atoms with Gasteiger partial charge in [-0.15, -0.1) is 0 Å². The van der Waals surface area contributed by atoms with Crippen LogP contribution in [0.25, 0.3) is 22.6 Å². The number of hydrogen-bond donors (Lipinski definition) is 1. The van der Waals surface area contributed by atoms with Gasteiger partial charge >= 0.3 is 0 Å². The molecule has 1 aromatic heterocycles. The Morgan fingerprint density at radius 2 is 2.04 bits per heavy atom. The van der Waals surface area contributed by atoms with Gasteiger partial charge in [0, 0.05) is 12.8 Å². The number of hydrogen-bond acceptors (Lipinski definition) is 6. The first-order valence-corrected chi connectivity index (χ1v) is 10.1. The van der Waals surface area contributed by atoms with E-state index < -0.39 is 9.84 Å². The summed E-state index contributed by atoms with van der Waals surface area (Å²) in [6, 6.07) is 9.41. The zero-order valence-electron chi connectivity index (χ0n) is 14.7. The van der Waals surface area contributed by atoms with E-state index in [1.807, 2.05) is 0 Å². The van der Waals surface area contributed by atoms with Crippen LogP contribution >= 0.6 is 11.6 Å². The van der Waals surface area contributed by atoms with Crippen LogP contribution < -0.4 is 5.32 Å². The number of oxazole rings is 1. The molecule has 0 atom stereocenters. The van der Waals surface area contributed by atoms with Crippen LogP contribution in [-0.4, -0.2) is 38.8 Å². The Morgan fingerprint density at radius 1 is 1.26 bits per heavy atom. The van der Waals surface area contributed by atoms with Crippen molar-refractivity contribution in [1.82, 2.24) is 4.98 Å². The Labute approximate surface area is 161 Å². The van der Waals surface area contributed by atoms with Gasteiger partial charge in [0.15, 0.2) is 15.4 Å². The van der Waals surface area contributed by atoms with Gasteiger partial charge in [0.2, 0.25) is 11.8 Å². The lowest BCUT2D eigenvalue weighted by Gasteiger charge is -2.07. The monoisotopic (exact) mass is 408 g/mol. The molecule has 0 radical (unpaired) electrons. The Kier molecular flexibility index (Phi) is 5.50. The molecule has 27 heavy (non-hydrogen) atoms. The van der Waals surface area contributed by atoms with E-state index in [1.165, 1.54) is 19.2 Å². The number of aromatic nitrogens is 1. The summed E-state index contributed by atoms with van der Waals surface area (Å²) in [6.07, 6.45) is 0. The molecular formula is C18H17ClN2O5S. The van der Waals surface area contributed by atoms with E-state index in [2.05, 4.69) is 10.3 Å². The highest BCUT2D eigenvalue weighted by Crippen LogP contribution is 2.33. The van der Waals surface area contributed by atoms with Crippen molar-refractivity contribution in [3.8, 4) is 11.5 Å². The minimum Gasteiger partial charge on any atom is -0.436 e. The summed E-state index contributed by atoms with van der Waals surface area (Å²) < 4.78 is 34.6. The summed E-state index contributed by atoms with van der Waals surface area (Å²) in [4.78, 5) is 16.2. The van der Waals surface area contributed by atoms with Crippen molar-refractivity contribution >= 4 is 44.1 Å². The third kappa shape index (κ3) is 4.13. The number of carbonyl (C=O) groups is 1. The summed E-state index contributed by atoms with van der Waals surface area (Å²) in [6.45, 7) is 1.51. The van der Waals surface area contributed by atoms with Gasteiger partial charge in [-0.25, -0.2) is 13.4 Å². The summed E-state index contributed by atoms with van der Waals surface area (Å²) >= 11 is 6.25. The average molecular weight is 409 g/mol. The van der Waals surface area contributed by atoms with Gasteiger partial charge in [-0.1, -0.05) is 18.5 Å². The number of fused-ring (bicyclic) bond motifs is 1. The number of halogens is 1. The van der Waals surface area contributed by atoms with E-state index in [-0.39, 0.29) is 29.1 Å². The second kappa shape index (κ2) is 7.67. The van der Waals surface area contributed by atoms with Crippen molar-refractivity contribution in [2.75, 3.05) is 24.8 Å². The van der Waals surface area contributed by atoms with Gasteiger partial charge in [-0.3, -0.25) is 4.79 Å². The summed E-state index contributed by atoms with van der Waals surface area (Å²) in [7, 11) is -1.92. The molecule has 0 aliphatic rings. The Morgan fingerprint density at radius 3 is 2.74 bits per heavy atom. The van der Waals surface area contributed by atoms with Crippen molar-refractivity contribution in [2.45, 2.75) is 11.8 Å². The molecule has 9 heteroatoms. The van der Waals surface area contributed by atoms with E-state index in [4.69, 9.17) is 20.8 Å². The normalized spacial score (nSPS) is 11.7. The van der Waals surface area contributed by atoms with E-state index in [0.717, 1.165) is 0 Å². The molecule has 1 heterocycles. The number of carbonyl (C=O) groups excluding carboxylic acids is 1. The number of nitrogens with one attached hydrogen (secondary N) is 1. The van der Waals surface area contributed by atoms with Gasteiger partial charge < -0.3 is 14.5 Å². The number of methoxy groups -OCH3 is 1. The minimum atomic E-state index is -3.35. The molecule has 3 aromatic rings. The second-order valence-corrected chi connectivity index (χ2v) is 8.41. The highest BCUT2D eigenvalue weighted by atomic mass is 35.5. The number of nitrogens with zero attached hydrogens (tertiary/aromatic N) is 1. The average Bonchev–Trinajstić information content (AvgIpc) is 3.06. The van der Waals surface area contributed by atoms with Crippen molar-refractivity contribution in [3.05, 3.63) is 41.4 Å². The van der Waals surface area contributed by atoms with Gasteiger partial charge in [0.25, 0.3) is 0 Å². The Balaban J connectivity index is 2.01. The first kappa shape index (κ1) is 19.3. The van der Waals surface area contributed by atoms with Gasteiger partial charge in [0.1, 0.15) is 12.1 Å². The molecular weight excluding hydrogens is 392 g/mol. The number of amides is 1. The predicted octanol–water partition coefficient (Wildman–Crippen LogP) is 3.53. The molecule has 3 rings (SSSR count). The molecule has 142 valence electrons. The number of sulfone groups is 1. The summed E-state index contributed by atoms with van der Waals surface area (Å²) in [5, 5.41) is 3.06. The number of rotatable bonds is 6. The quantitative estimate of drug-likeness (QED) is 0.669. The lowest BCUT2D eigenvalue weighted by atomic mass is 10.2. The fraction of sp³-hybridized carbons (Fsp3) is 0.222. The predicted molar refractivity (Wildman–Crippen MR) is 103 cm³/mol. The lowest BCUT2D eigenvalue weighted by molar-refractivity contribution is -0.119. The maximum Gasteiger partial charge on any atom is 0.250 e. The lowest BCUT2D eigenvalue weighted by Crippen LogP contribution is -2.17. The number of anilines is 1. The molecule has 7 nitrogen and oxygen atoms in total.